The summed E-state index contributed by atoms with van der Waals surface area (Å²) in [6, 6.07) is 0. The fourth-order valence-corrected chi connectivity index (χ4v) is 2.76. The van der Waals surface area contributed by atoms with Crippen molar-refractivity contribution in [2.45, 2.75) is 84.1 Å². The molecule has 23 heavy (non-hydrogen) atoms. The summed E-state index contributed by atoms with van der Waals surface area (Å²) in [5.74, 6) is -0.661. The Balaban J connectivity index is 2.45. The van der Waals surface area contributed by atoms with E-state index >= 15 is 0 Å². The van der Waals surface area contributed by atoms with E-state index in [1.807, 2.05) is 34.6 Å². The number of rotatable bonds is 9. The lowest BCUT2D eigenvalue weighted by Crippen LogP contribution is -2.40. The fourth-order valence-electron chi connectivity index (χ4n) is 2.76. The second-order valence-electron chi connectivity index (χ2n) is 7.73. The van der Waals surface area contributed by atoms with Crippen LogP contribution in [0.1, 0.15) is 54.9 Å². The van der Waals surface area contributed by atoms with E-state index in [0.717, 1.165) is 0 Å². The zero-order valence-electron chi connectivity index (χ0n) is 15.6. The summed E-state index contributed by atoms with van der Waals surface area (Å²) in [5.41, 5.74) is -1.26. The van der Waals surface area contributed by atoms with Crippen molar-refractivity contribution >= 4 is 5.78 Å². The van der Waals surface area contributed by atoms with E-state index in [1.54, 1.807) is 13.8 Å². The van der Waals surface area contributed by atoms with Crippen molar-refractivity contribution in [2.75, 3.05) is 13.2 Å². The number of carbonyl (C=O) groups is 1. The molecule has 0 aromatic rings. The Hall–Kier alpha value is -0.750. The predicted octanol–water partition coefficient (Wildman–Crippen LogP) is 3.26. The maximum Gasteiger partial charge on any atom is 0.186 e. The van der Waals surface area contributed by atoms with E-state index in [0.29, 0.717) is 19.6 Å². The Morgan fingerprint density at radius 2 is 2.00 bits per heavy atom. The number of hydrogen-bond donors (Lipinski definition) is 0. The van der Waals surface area contributed by atoms with Crippen molar-refractivity contribution in [3.63, 3.8) is 0 Å². The molecule has 0 aromatic heterocycles. The van der Waals surface area contributed by atoms with Crippen molar-refractivity contribution < 1.29 is 23.7 Å². The average molecular weight is 328 g/mol. The van der Waals surface area contributed by atoms with Gasteiger partial charge in [-0.1, -0.05) is 6.58 Å². The van der Waals surface area contributed by atoms with Crippen LogP contribution in [-0.2, 0) is 23.7 Å². The molecule has 0 saturated carbocycles. The molecule has 134 valence electrons. The molecule has 1 aliphatic rings. The van der Waals surface area contributed by atoms with Crippen molar-refractivity contribution in [2.24, 2.45) is 0 Å². The molecule has 1 saturated heterocycles. The van der Waals surface area contributed by atoms with Crippen LogP contribution in [0.15, 0.2) is 12.7 Å². The van der Waals surface area contributed by atoms with Crippen LogP contribution in [0.25, 0.3) is 0 Å². The van der Waals surface area contributed by atoms with E-state index in [2.05, 4.69) is 6.58 Å². The summed E-state index contributed by atoms with van der Waals surface area (Å²) in [7, 11) is 0. The lowest BCUT2D eigenvalue weighted by Gasteiger charge is -2.33. The highest BCUT2D eigenvalue weighted by atomic mass is 16.7. The van der Waals surface area contributed by atoms with Gasteiger partial charge in [0.15, 0.2) is 11.6 Å². The molecule has 5 heteroatoms. The molecule has 2 atom stereocenters. The van der Waals surface area contributed by atoms with Gasteiger partial charge in [-0.2, -0.15) is 0 Å². The first-order valence-corrected chi connectivity index (χ1v) is 8.17. The van der Waals surface area contributed by atoms with Crippen LogP contribution in [-0.4, -0.2) is 48.2 Å². The second-order valence-corrected chi connectivity index (χ2v) is 7.73. The van der Waals surface area contributed by atoms with Gasteiger partial charge >= 0.3 is 0 Å². The Kier molecular flexibility index (Phi) is 6.55. The largest absolute Gasteiger partial charge is 0.373 e. The molecule has 0 amide bonds. The molecule has 0 radical (unpaired) electrons. The Morgan fingerprint density at radius 1 is 1.39 bits per heavy atom. The third-order valence-electron chi connectivity index (χ3n) is 3.78. The molecule has 2 unspecified atom stereocenters. The van der Waals surface area contributed by atoms with Crippen molar-refractivity contribution in [1.82, 2.24) is 0 Å². The number of ketones is 1. The minimum Gasteiger partial charge on any atom is -0.373 e. The van der Waals surface area contributed by atoms with Gasteiger partial charge in [-0.05, 0) is 54.5 Å². The number of ether oxygens (including phenoxy) is 4. The third kappa shape index (κ3) is 6.71. The standard InChI is InChI=1S/C18H32O5/c1-9-15(19)17(5,6)22-13(2)10-16(3,4)20-11-14-12-21-18(7,8)23-14/h9,13-14H,1,10-12H2,2-8H3. The molecule has 1 fully saturated rings. The maximum absolute atomic E-state index is 11.8. The lowest BCUT2D eigenvalue weighted by atomic mass is 9.99. The molecule has 0 spiro atoms. The van der Waals surface area contributed by atoms with Crippen LogP contribution >= 0.6 is 0 Å². The fraction of sp³-hybridized carbons (Fsp3) is 0.833. The first-order valence-electron chi connectivity index (χ1n) is 8.17. The first kappa shape index (κ1) is 20.3. The van der Waals surface area contributed by atoms with Crippen LogP contribution in [0.4, 0.5) is 0 Å². The first-order chi connectivity index (χ1) is 10.4. The van der Waals surface area contributed by atoms with E-state index in [-0.39, 0.29) is 23.6 Å². The van der Waals surface area contributed by atoms with Crippen LogP contribution in [0, 0.1) is 0 Å². The average Bonchev–Trinajstić information content (AvgIpc) is 2.73. The maximum atomic E-state index is 11.8. The van der Waals surface area contributed by atoms with Gasteiger partial charge in [-0.15, -0.1) is 0 Å². The molecular weight excluding hydrogens is 296 g/mol. The lowest BCUT2D eigenvalue weighted by molar-refractivity contribution is -0.160. The zero-order valence-corrected chi connectivity index (χ0v) is 15.6. The SMILES string of the molecule is C=CC(=O)C(C)(C)OC(C)CC(C)(C)OCC1COC(C)(C)O1. The molecule has 1 heterocycles. The Morgan fingerprint density at radius 3 is 2.48 bits per heavy atom. The van der Waals surface area contributed by atoms with E-state index in [9.17, 15) is 4.79 Å². The molecule has 0 bridgehead atoms. The van der Waals surface area contributed by atoms with E-state index < -0.39 is 11.4 Å². The summed E-state index contributed by atoms with van der Waals surface area (Å²) in [6.07, 6.45) is 1.78. The quantitative estimate of drug-likeness (QED) is 0.608. The number of carbonyl (C=O) groups excluding carboxylic acids is 1. The molecule has 0 aliphatic carbocycles. The minimum atomic E-state index is -0.871. The van der Waals surface area contributed by atoms with Gasteiger partial charge in [0, 0.05) is 6.42 Å². The smallest absolute Gasteiger partial charge is 0.186 e. The minimum absolute atomic E-state index is 0.0562. The summed E-state index contributed by atoms with van der Waals surface area (Å²) >= 11 is 0. The van der Waals surface area contributed by atoms with Gasteiger partial charge in [0.25, 0.3) is 0 Å². The summed E-state index contributed by atoms with van der Waals surface area (Å²) < 4.78 is 23.1. The van der Waals surface area contributed by atoms with Crippen LogP contribution in [0.3, 0.4) is 0 Å². The van der Waals surface area contributed by atoms with E-state index in [1.165, 1.54) is 6.08 Å². The summed E-state index contributed by atoms with van der Waals surface area (Å²) in [6.45, 7) is 17.8. The van der Waals surface area contributed by atoms with Crippen LogP contribution in [0.2, 0.25) is 0 Å². The molecule has 0 aromatic carbocycles. The highest BCUT2D eigenvalue weighted by Gasteiger charge is 2.35. The van der Waals surface area contributed by atoms with Gasteiger partial charge in [-0.3, -0.25) is 4.79 Å². The van der Waals surface area contributed by atoms with Gasteiger partial charge in [0.2, 0.25) is 0 Å². The number of hydrogen-bond acceptors (Lipinski definition) is 5. The normalized spacial score (nSPS) is 22.8. The van der Waals surface area contributed by atoms with Gasteiger partial charge in [-0.25, -0.2) is 0 Å². The zero-order chi connectivity index (χ0) is 17.9. The van der Waals surface area contributed by atoms with Gasteiger partial charge in [0.05, 0.1) is 24.9 Å². The third-order valence-corrected chi connectivity index (χ3v) is 3.78. The van der Waals surface area contributed by atoms with E-state index in [4.69, 9.17) is 18.9 Å². The van der Waals surface area contributed by atoms with Crippen molar-refractivity contribution in [1.29, 1.82) is 0 Å². The second kappa shape index (κ2) is 7.43. The van der Waals surface area contributed by atoms with Crippen molar-refractivity contribution in [3.05, 3.63) is 12.7 Å². The molecule has 1 aliphatic heterocycles. The molecule has 0 N–H and O–H groups in total. The Labute approximate surface area is 140 Å². The molecular formula is C18H32O5. The monoisotopic (exact) mass is 328 g/mol. The van der Waals surface area contributed by atoms with Crippen molar-refractivity contribution in [3.8, 4) is 0 Å². The predicted molar refractivity (Wildman–Crippen MR) is 89.4 cm³/mol. The van der Waals surface area contributed by atoms with Gasteiger partial charge < -0.3 is 18.9 Å². The highest BCUT2D eigenvalue weighted by molar-refractivity contribution is 5.95. The molecule has 5 nitrogen and oxygen atoms in total. The summed E-state index contributed by atoms with van der Waals surface area (Å²) in [5, 5.41) is 0. The Bertz CT molecular complexity index is 425. The van der Waals surface area contributed by atoms with Gasteiger partial charge in [0.1, 0.15) is 11.7 Å². The highest BCUT2D eigenvalue weighted by Crippen LogP contribution is 2.26. The molecule has 1 rings (SSSR count). The van der Waals surface area contributed by atoms with Crippen LogP contribution < -0.4 is 0 Å². The summed E-state index contributed by atoms with van der Waals surface area (Å²) in [4.78, 5) is 11.8. The topological polar surface area (TPSA) is 54.0 Å². The van der Waals surface area contributed by atoms with Crippen LogP contribution in [0.5, 0.6) is 0 Å².